The summed E-state index contributed by atoms with van der Waals surface area (Å²) in [6.07, 6.45) is -3.76. The van der Waals surface area contributed by atoms with Gasteiger partial charge in [-0.05, 0) is 71.1 Å². The van der Waals surface area contributed by atoms with E-state index in [2.05, 4.69) is 32.6 Å². The molecule has 3 aromatic rings. The highest BCUT2D eigenvalue weighted by Crippen LogP contribution is 2.38. The zero-order valence-electron chi connectivity index (χ0n) is 15.9. The van der Waals surface area contributed by atoms with Gasteiger partial charge in [0.05, 0.1) is 7.11 Å². The number of methoxy groups -OCH3 is 1. The van der Waals surface area contributed by atoms with Crippen LogP contribution in [0, 0.1) is 3.57 Å². The van der Waals surface area contributed by atoms with Crippen molar-refractivity contribution in [3.05, 3.63) is 63.9 Å². The van der Waals surface area contributed by atoms with Gasteiger partial charge in [0.2, 0.25) is 5.95 Å². The van der Waals surface area contributed by atoms with Crippen LogP contribution in [-0.4, -0.2) is 31.2 Å². The molecule has 0 aliphatic heterocycles. The van der Waals surface area contributed by atoms with Crippen LogP contribution in [0.3, 0.4) is 0 Å². The number of hydrogen-bond donors (Lipinski definition) is 0. The SMILES string of the molecule is COc1ccc(N(C)c2ncc(C(F)(F)F)c(N(C)c3ccc(I)cc3)n2)cc1. The average Bonchev–Trinajstić information content (AvgIpc) is 2.72. The zero-order valence-corrected chi connectivity index (χ0v) is 18.1. The molecule has 29 heavy (non-hydrogen) atoms. The van der Waals surface area contributed by atoms with Crippen molar-refractivity contribution in [2.24, 2.45) is 0 Å². The number of rotatable bonds is 5. The fourth-order valence-corrected chi connectivity index (χ4v) is 3.05. The maximum absolute atomic E-state index is 13.6. The number of halogens is 4. The number of hydrogen-bond acceptors (Lipinski definition) is 5. The third-order valence-corrected chi connectivity index (χ3v) is 5.07. The lowest BCUT2D eigenvalue weighted by atomic mass is 10.2. The topological polar surface area (TPSA) is 41.5 Å². The van der Waals surface area contributed by atoms with E-state index < -0.39 is 11.7 Å². The third-order valence-electron chi connectivity index (χ3n) is 4.35. The van der Waals surface area contributed by atoms with Crippen molar-refractivity contribution in [3.63, 3.8) is 0 Å². The summed E-state index contributed by atoms with van der Waals surface area (Å²) in [6.45, 7) is 0. The Kier molecular flexibility index (Phi) is 6.15. The van der Waals surface area contributed by atoms with Gasteiger partial charge < -0.3 is 14.5 Å². The van der Waals surface area contributed by atoms with Gasteiger partial charge in [0.25, 0.3) is 0 Å². The summed E-state index contributed by atoms with van der Waals surface area (Å²) in [6, 6.07) is 14.2. The number of nitrogens with zero attached hydrogens (tertiary/aromatic N) is 4. The fraction of sp³-hybridized carbons (Fsp3) is 0.200. The van der Waals surface area contributed by atoms with Crippen molar-refractivity contribution in [2.75, 3.05) is 31.0 Å². The van der Waals surface area contributed by atoms with Gasteiger partial charge in [-0.25, -0.2) is 4.98 Å². The summed E-state index contributed by atoms with van der Waals surface area (Å²) >= 11 is 2.14. The van der Waals surface area contributed by atoms with Crippen LogP contribution in [0.15, 0.2) is 54.7 Å². The van der Waals surface area contributed by atoms with E-state index >= 15 is 0 Å². The monoisotopic (exact) mass is 514 g/mol. The zero-order chi connectivity index (χ0) is 21.2. The Hall–Kier alpha value is -2.56. The lowest BCUT2D eigenvalue weighted by Crippen LogP contribution is -2.21. The molecule has 0 fully saturated rings. The van der Waals surface area contributed by atoms with E-state index in [0.29, 0.717) is 17.1 Å². The molecule has 0 spiro atoms. The van der Waals surface area contributed by atoms with Crippen LogP contribution in [0.2, 0.25) is 0 Å². The smallest absolute Gasteiger partial charge is 0.421 e. The highest BCUT2D eigenvalue weighted by Gasteiger charge is 2.37. The first-order valence-electron chi connectivity index (χ1n) is 8.52. The molecule has 0 saturated heterocycles. The minimum Gasteiger partial charge on any atom is -0.497 e. The van der Waals surface area contributed by atoms with E-state index in [4.69, 9.17) is 4.74 Å². The lowest BCUT2D eigenvalue weighted by Gasteiger charge is -2.25. The highest BCUT2D eigenvalue weighted by atomic mass is 127. The summed E-state index contributed by atoms with van der Waals surface area (Å²) in [5, 5.41) is 0. The van der Waals surface area contributed by atoms with Crippen molar-refractivity contribution in [1.29, 1.82) is 0 Å². The standard InChI is InChI=1S/C20H18F3IN4O/c1-27(14-6-4-13(24)5-7-14)18-17(20(21,22)23)12-25-19(26-18)28(2)15-8-10-16(29-3)11-9-15/h4-12H,1-3H3. The molecule has 1 heterocycles. The molecule has 152 valence electrons. The molecule has 0 aliphatic carbocycles. The Balaban J connectivity index is 2.04. The second-order valence-electron chi connectivity index (χ2n) is 6.20. The Morgan fingerprint density at radius 2 is 1.45 bits per heavy atom. The van der Waals surface area contributed by atoms with E-state index in [1.807, 2.05) is 12.1 Å². The summed E-state index contributed by atoms with van der Waals surface area (Å²) in [7, 11) is 4.81. The van der Waals surface area contributed by atoms with Crippen LogP contribution in [0.5, 0.6) is 5.75 Å². The normalized spacial score (nSPS) is 11.3. The van der Waals surface area contributed by atoms with Gasteiger partial charge in [-0.2, -0.15) is 18.2 Å². The molecule has 0 radical (unpaired) electrons. The van der Waals surface area contributed by atoms with Crippen molar-refractivity contribution in [1.82, 2.24) is 9.97 Å². The molecule has 0 saturated carbocycles. The van der Waals surface area contributed by atoms with Gasteiger partial charge in [0.1, 0.15) is 11.3 Å². The van der Waals surface area contributed by atoms with Crippen LogP contribution in [0.25, 0.3) is 0 Å². The van der Waals surface area contributed by atoms with Crippen LogP contribution < -0.4 is 14.5 Å². The minimum absolute atomic E-state index is 0.149. The van der Waals surface area contributed by atoms with Crippen molar-refractivity contribution in [3.8, 4) is 5.75 Å². The maximum Gasteiger partial charge on any atom is 0.421 e. The number of ether oxygens (including phenoxy) is 1. The molecule has 0 atom stereocenters. The molecule has 0 bridgehead atoms. The summed E-state index contributed by atoms with van der Waals surface area (Å²) in [5.41, 5.74) is 0.409. The first kappa shape index (κ1) is 21.2. The molecule has 0 N–H and O–H groups in total. The molecule has 0 amide bonds. The number of benzene rings is 2. The molecule has 5 nitrogen and oxygen atoms in total. The minimum atomic E-state index is -4.58. The molecular weight excluding hydrogens is 496 g/mol. The molecule has 3 rings (SSSR count). The van der Waals surface area contributed by atoms with Crippen molar-refractivity contribution >= 4 is 45.7 Å². The molecule has 1 aromatic heterocycles. The first-order chi connectivity index (χ1) is 13.7. The quantitative estimate of drug-likeness (QED) is 0.412. The third kappa shape index (κ3) is 4.72. The second-order valence-corrected chi connectivity index (χ2v) is 7.44. The fourth-order valence-electron chi connectivity index (χ4n) is 2.69. The highest BCUT2D eigenvalue weighted by molar-refractivity contribution is 14.1. The van der Waals surface area contributed by atoms with Crippen LogP contribution in [0.1, 0.15) is 5.56 Å². The average molecular weight is 514 g/mol. The van der Waals surface area contributed by atoms with Crippen molar-refractivity contribution < 1.29 is 17.9 Å². The summed E-state index contributed by atoms with van der Waals surface area (Å²) in [4.78, 5) is 11.2. The first-order valence-corrected chi connectivity index (χ1v) is 9.60. The van der Waals surface area contributed by atoms with Crippen molar-refractivity contribution in [2.45, 2.75) is 6.18 Å². The lowest BCUT2D eigenvalue weighted by molar-refractivity contribution is -0.137. The Morgan fingerprint density at radius 3 is 2.00 bits per heavy atom. The van der Waals surface area contributed by atoms with E-state index in [0.717, 1.165) is 9.77 Å². The van der Waals surface area contributed by atoms with Gasteiger partial charge in [0.15, 0.2) is 5.82 Å². The number of alkyl halides is 3. The van der Waals surface area contributed by atoms with Crippen LogP contribution >= 0.6 is 22.6 Å². The summed E-state index contributed by atoms with van der Waals surface area (Å²) < 4.78 is 46.9. The second kappa shape index (κ2) is 8.44. The van der Waals surface area contributed by atoms with E-state index in [1.54, 1.807) is 62.5 Å². The van der Waals surface area contributed by atoms with Gasteiger partial charge in [-0.1, -0.05) is 0 Å². The maximum atomic E-state index is 13.6. The molecular formula is C20H18F3IN4O. The molecule has 9 heteroatoms. The van der Waals surface area contributed by atoms with Crippen LogP contribution in [0.4, 0.5) is 36.3 Å². The number of anilines is 4. The van der Waals surface area contributed by atoms with E-state index in [1.165, 1.54) is 4.90 Å². The Labute approximate surface area is 180 Å². The number of aromatic nitrogens is 2. The molecule has 0 unspecified atom stereocenters. The Morgan fingerprint density at radius 1 is 0.897 bits per heavy atom. The molecule has 2 aromatic carbocycles. The summed E-state index contributed by atoms with van der Waals surface area (Å²) in [5.74, 6) is 0.606. The van der Waals surface area contributed by atoms with E-state index in [-0.39, 0.29) is 11.8 Å². The Bertz CT molecular complexity index is 979. The van der Waals surface area contributed by atoms with Gasteiger partial charge >= 0.3 is 6.18 Å². The largest absolute Gasteiger partial charge is 0.497 e. The predicted molar refractivity (Wildman–Crippen MR) is 115 cm³/mol. The van der Waals surface area contributed by atoms with Gasteiger partial charge in [-0.15, -0.1) is 0 Å². The predicted octanol–water partition coefficient (Wildman–Crippen LogP) is 5.64. The molecule has 0 aliphatic rings. The van der Waals surface area contributed by atoms with E-state index in [9.17, 15) is 13.2 Å². The van der Waals surface area contributed by atoms with Crippen LogP contribution in [-0.2, 0) is 6.18 Å². The van der Waals surface area contributed by atoms with Gasteiger partial charge in [-0.3, -0.25) is 0 Å². The van der Waals surface area contributed by atoms with Gasteiger partial charge in [0, 0.05) is 35.2 Å².